The summed E-state index contributed by atoms with van der Waals surface area (Å²) in [6.45, 7) is 7.21. The van der Waals surface area contributed by atoms with Crippen LogP contribution in [0.15, 0.2) is 12.2 Å². The molecule has 0 aromatic carbocycles. The summed E-state index contributed by atoms with van der Waals surface area (Å²) in [6.07, 6.45) is 1.07. The molecule has 0 aromatic rings. The van der Waals surface area contributed by atoms with Crippen molar-refractivity contribution in [2.75, 3.05) is 13.2 Å². The molecule has 0 saturated carbocycles. The number of ether oxygens (including phenoxy) is 1. The minimum Gasteiger partial charge on any atom is -0.377 e. The third-order valence-corrected chi connectivity index (χ3v) is 1.17. The van der Waals surface area contributed by atoms with Crippen molar-refractivity contribution in [3.8, 4) is 0 Å². The van der Waals surface area contributed by atoms with E-state index in [4.69, 9.17) is 4.74 Å². The molecule has 0 N–H and O–H groups in total. The first kappa shape index (κ1) is 8.92. The molecule has 0 aliphatic heterocycles. The quantitative estimate of drug-likeness (QED) is 0.321. The predicted molar refractivity (Wildman–Crippen MR) is 40.8 cm³/mol. The maximum absolute atomic E-state index is 5.20. The summed E-state index contributed by atoms with van der Waals surface area (Å²) in [5.74, 6) is 0. The van der Waals surface area contributed by atoms with Crippen molar-refractivity contribution in [3.63, 3.8) is 0 Å². The van der Waals surface area contributed by atoms with Crippen LogP contribution in [0.25, 0.3) is 0 Å². The molecule has 0 rings (SSSR count). The first-order valence-electron chi connectivity index (χ1n) is 3.14. The molecule has 0 aromatic heterocycles. The monoisotopic (exact) mass is 141 g/mol. The van der Waals surface area contributed by atoms with Gasteiger partial charge in [-0.05, 0) is 13.3 Å². The lowest BCUT2D eigenvalue weighted by Gasteiger charge is -2.00. The third-order valence-electron chi connectivity index (χ3n) is 0.814. The average Bonchev–Trinajstić information content (AvgIpc) is 1.80. The molecule has 0 atom stereocenters. The second kappa shape index (κ2) is 6.04. The summed E-state index contributed by atoms with van der Waals surface area (Å²) in [5.41, 5.74) is 1.09. The fourth-order valence-electron chi connectivity index (χ4n) is 0.421. The van der Waals surface area contributed by atoms with E-state index in [1.54, 1.807) is 0 Å². The van der Waals surface area contributed by atoms with Gasteiger partial charge in [0.15, 0.2) is 0 Å². The second-order valence-corrected chi connectivity index (χ2v) is 2.61. The summed E-state index contributed by atoms with van der Waals surface area (Å²) in [5, 5.41) is 0. The van der Waals surface area contributed by atoms with Gasteiger partial charge in [0.25, 0.3) is 0 Å². The van der Waals surface area contributed by atoms with E-state index in [1.165, 1.54) is 0 Å². The predicted octanol–water partition coefficient (Wildman–Crippen LogP) is 1.56. The van der Waals surface area contributed by atoms with Gasteiger partial charge in [-0.15, -0.1) is 0 Å². The van der Waals surface area contributed by atoms with Gasteiger partial charge < -0.3 is 4.74 Å². The van der Waals surface area contributed by atoms with Crippen LogP contribution < -0.4 is 0 Å². The molecule has 0 unspecified atom stereocenters. The lowest BCUT2D eigenvalue weighted by Crippen LogP contribution is -1.96. The lowest BCUT2D eigenvalue weighted by molar-refractivity contribution is 0.157. The molecule has 0 aliphatic carbocycles. The highest BCUT2D eigenvalue weighted by Gasteiger charge is 1.85. The number of hydrogen-bond donors (Lipinski definition) is 0. The molecule has 0 amide bonds. The summed E-state index contributed by atoms with van der Waals surface area (Å²) >= 11 is 0. The van der Waals surface area contributed by atoms with E-state index in [9.17, 15) is 0 Å². The minimum atomic E-state index is 0.701. The Hall–Kier alpha value is -0.0831. The van der Waals surface area contributed by atoms with Gasteiger partial charge in [0.1, 0.15) is 0 Å². The Balaban J connectivity index is 2.83. The maximum Gasteiger partial charge on any atom is 0.0671 e. The van der Waals surface area contributed by atoms with Crippen LogP contribution in [0, 0.1) is 0 Å². The van der Waals surface area contributed by atoms with Gasteiger partial charge in [-0.25, -0.2) is 0 Å². The maximum atomic E-state index is 5.20. The van der Waals surface area contributed by atoms with Crippen LogP contribution in [0.4, 0.5) is 0 Å². The standard InChI is InChI=1S/C7H13OSi/c1-7(2)6-8-4-3-5-9/h1,3-6H2,2H3. The lowest BCUT2D eigenvalue weighted by atomic mass is 10.4. The smallest absolute Gasteiger partial charge is 0.0671 e. The molecule has 0 saturated heterocycles. The van der Waals surface area contributed by atoms with Crippen molar-refractivity contribution in [2.45, 2.75) is 19.4 Å². The third kappa shape index (κ3) is 7.92. The molecule has 0 fully saturated rings. The molecule has 1 nitrogen and oxygen atoms in total. The Labute approximate surface area is 60.5 Å². The summed E-state index contributed by atoms with van der Waals surface area (Å²) in [7, 11) is 3.36. The zero-order chi connectivity index (χ0) is 7.11. The van der Waals surface area contributed by atoms with Gasteiger partial charge in [-0.2, -0.15) is 0 Å². The largest absolute Gasteiger partial charge is 0.377 e. The SMILES string of the molecule is C=C(C)COCCC[Si]. The van der Waals surface area contributed by atoms with Gasteiger partial charge in [0.2, 0.25) is 0 Å². The van der Waals surface area contributed by atoms with Crippen LogP contribution >= 0.6 is 0 Å². The van der Waals surface area contributed by atoms with Crippen LogP contribution in [-0.2, 0) is 4.74 Å². The molecule has 3 radical (unpaired) electrons. The van der Waals surface area contributed by atoms with Gasteiger partial charge in [0.05, 0.1) is 6.61 Å². The van der Waals surface area contributed by atoms with Crippen molar-refractivity contribution in [1.29, 1.82) is 0 Å². The van der Waals surface area contributed by atoms with Crippen LogP contribution in [-0.4, -0.2) is 23.5 Å². The van der Waals surface area contributed by atoms with Crippen molar-refractivity contribution in [1.82, 2.24) is 0 Å². The molecule has 0 spiro atoms. The Morgan fingerprint density at radius 2 is 2.33 bits per heavy atom. The normalized spacial score (nSPS) is 9.56. The van der Waals surface area contributed by atoms with E-state index in [2.05, 4.69) is 16.8 Å². The highest BCUT2D eigenvalue weighted by molar-refractivity contribution is 6.08. The van der Waals surface area contributed by atoms with Crippen molar-refractivity contribution < 1.29 is 4.74 Å². The van der Waals surface area contributed by atoms with Crippen molar-refractivity contribution in [2.24, 2.45) is 0 Å². The van der Waals surface area contributed by atoms with Gasteiger partial charge in [0, 0.05) is 16.8 Å². The topological polar surface area (TPSA) is 9.23 Å². The first-order valence-corrected chi connectivity index (χ1v) is 3.85. The summed E-state index contributed by atoms with van der Waals surface area (Å²) < 4.78 is 5.20. The van der Waals surface area contributed by atoms with Gasteiger partial charge in [-0.1, -0.05) is 18.2 Å². The molecular formula is C7H13OSi. The molecule has 2 heteroatoms. The zero-order valence-electron chi connectivity index (χ0n) is 5.94. The average molecular weight is 141 g/mol. The fraction of sp³-hybridized carbons (Fsp3) is 0.714. The van der Waals surface area contributed by atoms with E-state index in [0.717, 1.165) is 24.6 Å². The van der Waals surface area contributed by atoms with E-state index in [1.807, 2.05) is 6.92 Å². The van der Waals surface area contributed by atoms with Crippen LogP contribution in [0.5, 0.6) is 0 Å². The Morgan fingerprint density at radius 1 is 1.67 bits per heavy atom. The van der Waals surface area contributed by atoms with E-state index >= 15 is 0 Å². The number of rotatable bonds is 5. The Bertz CT molecular complexity index is 81.0. The summed E-state index contributed by atoms with van der Waals surface area (Å²) in [4.78, 5) is 0. The highest BCUT2D eigenvalue weighted by Crippen LogP contribution is 1.91. The Morgan fingerprint density at radius 3 is 2.78 bits per heavy atom. The molecular weight excluding hydrogens is 128 g/mol. The fourth-order valence-corrected chi connectivity index (χ4v) is 0.565. The van der Waals surface area contributed by atoms with E-state index in [-0.39, 0.29) is 0 Å². The van der Waals surface area contributed by atoms with Gasteiger partial charge >= 0.3 is 0 Å². The number of hydrogen-bond acceptors (Lipinski definition) is 1. The second-order valence-electron chi connectivity index (χ2n) is 2.11. The van der Waals surface area contributed by atoms with E-state index < -0.39 is 0 Å². The minimum absolute atomic E-state index is 0.701. The first-order chi connectivity index (χ1) is 4.27. The highest BCUT2D eigenvalue weighted by atomic mass is 28.1. The molecule has 0 aliphatic rings. The van der Waals surface area contributed by atoms with E-state index in [0.29, 0.717) is 6.61 Å². The van der Waals surface area contributed by atoms with Crippen LogP contribution in [0.3, 0.4) is 0 Å². The molecule has 0 bridgehead atoms. The molecule has 0 heterocycles. The molecule has 9 heavy (non-hydrogen) atoms. The van der Waals surface area contributed by atoms with Crippen molar-refractivity contribution >= 4 is 10.2 Å². The van der Waals surface area contributed by atoms with Gasteiger partial charge in [-0.3, -0.25) is 0 Å². The van der Waals surface area contributed by atoms with Crippen molar-refractivity contribution in [3.05, 3.63) is 12.2 Å². The zero-order valence-corrected chi connectivity index (χ0v) is 6.94. The molecule has 51 valence electrons. The van der Waals surface area contributed by atoms with Crippen LogP contribution in [0.1, 0.15) is 13.3 Å². The summed E-state index contributed by atoms with van der Waals surface area (Å²) in [6, 6.07) is 1.01. The Kier molecular flexibility index (Phi) is 5.99. The van der Waals surface area contributed by atoms with Crippen LogP contribution in [0.2, 0.25) is 6.04 Å².